The molecule has 0 aromatic heterocycles. The van der Waals surface area contributed by atoms with Gasteiger partial charge in [0.15, 0.2) is 0 Å². The maximum absolute atomic E-state index is 8.83. The second kappa shape index (κ2) is 9.29. The molecule has 0 atom stereocenters. The summed E-state index contributed by atoms with van der Waals surface area (Å²) >= 11 is 0. The fraction of sp³-hybridized carbons (Fsp3) is 0.333. The van der Waals surface area contributed by atoms with Gasteiger partial charge in [0.2, 0.25) is 0 Å². The van der Waals surface area contributed by atoms with Crippen molar-refractivity contribution in [2.75, 3.05) is 26.2 Å². The van der Waals surface area contributed by atoms with Crippen molar-refractivity contribution in [3.63, 3.8) is 0 Å². The number of nitrogens with one attached hydrogen (secondary N) is 1. The summed E-state index contributed by atoms with van der Waals surface area (Å²) in [6.07, 6.45) is 0. The quantitative estimate of drug-likeness (QED) is 0.693. The summed E-state index contributed by atoms with van der Waals surface area (Å²) in [7, 11) is 0. The number of hydrogen-bond acceptors (Lipinski definition) is 3. The minimum Gasteiger partial charge on any atom is -0.395 e. The summed E-state index contributed by atoms with van der Waals surface area (Å²) in [5.41, 5.74) is 2.66. The fourth-order valence-electron chi connectivity index (χ4n) is 2.34. The van der Waals surface area contributed by atoms with Crippen molar-refractivity contribution in [3.8, 4) is 0 Å². The normalized spacial score (nSPS) is 11.0. The Morgan fingerprint density at radius 1 is 0.762 bits per heavy atom. The molecule has 2 aromatic rings. The molecule has 0 amide bonds. The standard InChI is InChI=1S/C18H24N2O/c21-14-12-19-11-13-20(15-17-7-3-1-4-8-17)16-18-9-5-2-6-10-18/h1-10,19,21H,11-16H2. The molecule has 0 heterocycles. The second-order valence-corrected chi connectivity index (χ2v) is 5.16. The maximum Gasteiger partial charge on any atom is 0.0555 e. The molecule has 0 fully saturated rings. The van der Waals surface area contributed by atoms with E-state index in [1.807, 2.05) is 12.1 Å². The molecule has 21 heavy (non-hydrogen) atoms. The van der Waals surface area contributed by atoms with Crippen molar-refractivity contribution in [1.29, 1.82) is 0 Å². The van der Waals surface area contributed by atoms with Crippen LogP contribution in [0, 0.1) is 0 Å². The van der Waals surface area contributed by atoms with E-state index in [1.54, 1.807) is 0 Å². The molecule has 3 nitrogen and oxygen atoms in total. The van der Waals surface area contributed by atoms with Gasteiger partial charge in [-0.15, -0.1) is 0 Å². The highest BCUT2D eigenvalue weighted by molar-refractivity contribution is 5.17. The Balaban J connectivity index is 1.93. The zero-order valence-electron chi connectivity index (χ0n) is 12.4. The first-order valence-corrected chi connectivity index (χ1v) is 7.50. The lowest BCUT2D eigenvalue weighted by molar-refractivity contribution is 0.247. The van der Waals surface area contributed by atoms with E-state index in [0.717, 1.165) is 26.2 Å². The van der Waals surface area contributed by atoms with Crippen molar-refractivity contribution in [3.05, 3.63) is 71.8 Å². The Kier molecular flexibility index (Phi) is 6.95. The van der Waals surface area contributed by atoms with Crippen LogP contribution < -0.4 is 5.32 Å². The topological polar surface area (TPSA) is 35.5 Å². The van der Waals surface area contributed by atoms with Crippen molar-refractivity contribution in [2.45, 2.75) is 13.1 Å². The van der Waals surface area contributed by atoms with Crippen LogP contribution in [-0.4, -0.2) is 36.2 Å². The average Bonchev–Trinajstić information content (AvgIpc) is 2.53. The van der Waals surface area contributed by atoms with Crippen LogP contribution in [0.2, 0.25) is 0 Å². The third-order valence-corrected chi connectivity index (χ3v) is 3.39. The van der Waals surface area contributed by atoms with E-state index < -0.39 is 0 Å². The highest BCUT2D eigenvalue weighted by atomic mass is 16.3. The average molecular weight is 284 g/mol. The van der Waals surface area contributed by atoms with Crippen LogP contribution in [0.15, 0.2) is 60.7 Å². The van der Waals surface area contributed by atoms with Crippen molar-refractivity contribution < 1.29 is 5.11 Å². The van der Waals surface area contributed by atoms with E-state index in [0.29, 0.717) is 6.54 Å². The van der Waals surface area contributed by atoms with E-state index in [4.69, 9.17) is 5.11 Å². The minimum atomic E-state index is 0.192. The minimum absolute atomic E-state index is 0.192. The lowest BCUT2D eigenvalue weighted by Crippen LogP contribution is -2.32. The van der Waals surface area contributed by atoms with E-state index >= 15 is 0 Å². The zero-order valence-corrected chi connectivity index (χ0v) is 12.4. The molecule has 0 aliphatic rings. The molecule has 112 valence electrons. The molecule has 0 bridgehead atoms. The Hall–Kier alpha value is -1.68. The molecular formula is C18H24N2O. The molecule has 0 saturated carbocycles. The zero-order chi connectivity index (χ0) is 14.8. The van der Waals surface area contributed by atoms with Crippen LogP contribution in [0.4, 0.5) is 0 Å². The lowest BCUT2D eigenvalue weighted by Gasteiger charge is -2.23. The van der Waals surface area contributed by atoms with Gasteiger partial charge in [0, 0.05) is 32.7 Å². The number of benzene rings is 2. The number of hydrogen-bond donors (Lipinski definition) is 2. The highest BCUT2D eigenvalue weighted by Crippen LogP contribution is 2.09. The number of nitrogens with zero attached hydrogens (tertiary/aromatic N) is 1. The van der Waals surface area contributed by atoms with E-state index in [2.05, 4.69) is 58.7 Å². The summed E-state index contributed by atoms with van der Waals surface area (Å²) in [6.45, 7) is 4.58. The van der Waals surface area contributed by atoms with Gasteiger partial charge in [-0.1, -0.05) is 60.7 Å². The van der Waals surface area contributed by atoms with E-state index in [-0.39, 0.29) is 6.61 Å². The molecule has 3 heteroatoms. The van der Waals surface area contributed by atoms with E-state index in [1.165, 1.54) is 11.1 Å². The van der Waals surface area contributed by atoms with E-state index in [9.17, 15) is 0 Å². The van der Waals surface area contributed by atoms with Gasteiger partial charge in [0.25, 0.3) is 0 Å². The van der Waals surface area contributed by atoms with Crippen LogP contribution >= 0.6 is 0 Å². The number of rotatable bonds is 9. The predicted octanol–water partition coefficient (Wildman–Crippen LogP) is 2.27. The lowest BCUT2D eigenvalue weighted by atomic mass is 10.1. The molecule has 2 rings (SSSR count). The molecule has 0 aliphatic heterocycles. The smallest absolute Gasteiger partial charge is 0.0555 e. The summed E-state index contributed by atoms with van der Waals surface area (Å²) in [4.78, 5) is 2.43. The Bertz CT molecular complexity index is 446. The molecule has 0 radical (unpaired) electrons. The van der Waals surface area contributed by atoms with Crippen LogP contribution in [0.5, 0.6) is 0 Å². The van der Waals surface area contributed by atoms with Crippen LogP contribution in [0.3, 0.4) is 0 Å². The number of aliphatic hydroxyl groups is 1. The first kappa shape index (κ1) is 15.7. The third kappa shape index (κ3) is 6.08. The molecule has 0 saturated heterocycles. The van der Waals surface area contributed by atoms with Crippen LogP contribution in [0.1, 0.15) is 11.1 Å². The molecule has 2 N–H and O–H groups in total. The van der Waals surface area contributed by atoms with Crippen LogP contribution in [0.25, 0.3) is 0 Å². The first-order valence-electron chi connectivity index (χ1n) is 7.50. The third-order valence-electron chi connectivity index (χ3n) is 3.39. The monoisotopic (exact) mass is 284 g/mol. The van der Waals surface area contributed by atoms with Gasteiger partial charge < -0.3 is 10.4 Å². The highest BCUT2D eigenvalue weighted by Gasteiger charge is 2.06. The summed E-state index contributed by atoms with van der Waals surface area (Å²) in [5.74, 6) is 0. The molecule has 0 unspecified atom stereocenters. The maximum atomic E-state index is 8.83. The Labute approximate surface area is 127 Å². The van der Waals surface area contributed by atoms with Crippen LogP contribution in [-0.2, 0) is 13.1 Å². The molecule has 0 spiro atoms. The molecule has 2 aromatic carbocycles. The van der Waals surface area contributed by atoms with Crippen molar-refractivity contribution >= 4 is 0 Å². The summed E-state index contributed by atoms with van der Waals surface area (Å²) < 4.78 is 0. The van der Waals surface area contributed by atoms with Crippen molar-refractivity contribution in [2.24, 2.45) is 0 Å². The van der Waals surface area contributed by atoms with Gasteiger partial charge in [-0.05, 0) is 11.1 Å². The summed E-state index contributed by atoms with van der Waals surface area (Å²) in [6, 6.07) is 21.1. The van der Waals surface area contributed by atoms with Crippen molar-refractivity contribution in [1.82, 2.24) is 10.2 Å². The first-order chi connectivity index (χ1) is 10.4. The Morgan fingerprint density at radius 3 is 1.76 bits per heavy atom. The van der Waals surface area contributed by atoms with Gasteiger partial charge in [0.1, 0.15) is 0 Å². The SMILES string of the molecule is OCCNCCN(Cc1ccccc1)Cc1ccccc1. The van der Waals surface area contributed by atoms with Gasteiger partial charge in [-0.3, -0.25) is 4.90 Å². The van der Waals surface area contributed by atoms with Gasteiger partial charge in [0.05, 0.1) is 6.61 Å². The van der Waals surface area contributed by atoms with Gasteiger partial charge in [-0.25, -0.2) is 0 Å². The van der Waals surface area contributed by atoms with Gasteiger partial charge >= 0.3 is 0 Å². The molecule has 0 aliphatic carbocycles. The number of aliphatic hydroxyl groups excluding tert-OH is 1. The second-order valence-electron chi connectivity index (χ2n) is 5.16. The largest absolute Gasteiger partial charge is 0.395 e. The van der Waals surface area contributed by atoms with Gasteiger partial charge in [-0.2, -0.15) is 0 Å². The summed E-state index contributed by atoms with van der Waals surface area (Å²) in [5, 5.41) is 12.1. The fourth-order valence-corrected chi connectivity index (χ4v) is 2.34. The predicted molar refractivity (Wildman–Crippen MR) is 87.0 cm³/mol. The molecular weight excluding hydrogens is 260 g/mol. The Morgan fingerprint density at radius 2 is 1.29 bits per heavy atom.